The molecule has 0 saturated carbocycles. The maximum Gasteiger partial charge on any atom is 0.441 e. The summed E-state index contributed by atoms with van der Waals surface area (Å²) in [6.45, 7) is 1.76. The van der Waals surface area contributed by atoms with Crippen molar-refractivity contribution in [2.75, 3.05) is 11.6 Å². The van der Waals surface area contributed by atoms with Gasteiger partial charge in [-0.25, -0.2) is 9.37 Å². The quantitative estimate of drug-likeness (QED) is 0.588. The van der Waals surface area contributed by atoms with Gasteiger partial charge in [-0.3, -0.25) is 0 Å². The molecular weight excluding hydrogens is 328 g/mol. The Morgan fingerprint density at radius 1 is 1.33 bits per heavy atom. The molecule has 0 amide bonds. The van der Waals surface area contributed by atoms with E-state index in [9.17, 15) is 17.6 Å². The number of fused-ring (bicyclic) bond motifs is 1. The summed E-state index contributed by atoms with van der Waals surface area (Å²) in [7, 11) is 0. The van der Waals surface area contributed by atoms with Crippen LogP contribution in [0.15, 0.2) is 12.1 Å². The number of aryl methyl sites for hydroxylation is 3. The summed E-state index contributed by atoms with van der Waals surface area (Å²) in [5, 5.41) is 0. The number of benzene rings is 1. The zero-order valence-corrected chi connectivity index (χ0v) is 12.7. The smallest absolute Gasteiger partial charge is 0.327 e. The van der Waals surface area contributed by atoms with E-state index in [1.54, 1.807) is 17.6 Å². The lowest BCUT2D eigenvalue weighted by molar-refractivity contribution is -0.0328. The number of hydrogen-bond donors (Lipinski definition) is 0. The number of imidazole rings is 1. The van der Waals surface area contributed by atoms with E-state index in [1.807, 2.05) is 0 Å². The van der Waals surface area contributed by atoms with Crippen LogP contribution < -0.4 is 0 Å². The molecule has 1 heterocycles. The van der Waals surface area contributed by atoms with E-state index in [2.05, 4.69) is 4.98 Å². The molecule has 0 N–H and O–H groups in total. The summed E-state index contributed by atoms with van der Waals surface area (Å²) in [6.07, 6.45) is 0.424. The fourth-order valence-electron chi connectivity index (χ4n) is 2.08. The average Bonchev–Trinajstić information content (AvgIpc) is 2.67. The topological polar surface area (TPSA) is 17.8 Å². The van der Waals surface area contributed by atoms with Crippen molar-refractivity contribution in [3.8, 4) is 0 Å². The molecule has 0 radical (unpaired) electrons. The van der Waals surface area contributed by atoms with Crippen molar-refractivity contribution < 1.29 is 17.6 Å². The molecular formula is C13H13ClF4N2S. The third kappa shape index (κ3) is 4.03. The summed E-state index contributed by atoms with van der Waals surface area (Å²) in [5.74, 6) is 0.375. The molecule has 21 heavy (non-hydrogen) atoms. The minimum absolute atomic E-state index is 0.0812. The van der Waals surface area contributed by atoms with Gasteiger partial charge in [0.2, 0.25) is 0 Å². The molecule has 0 atom stereocenters. The van der Waals surface area contributed by atoms with Crippen LogP contribution in [0, 0.1) is 12.7 Å². The van der Waals surface area contributed by atoms with Crippen LogP contribution in [0.4, 0.5) is 17.6 Å². The Morgan fingerprint density at radius 2 is 2.05 bits per heavy atom. The van der Waals surface area contributed by atoms with Gasteiger partial charge in [0.1, 0.15) is 11.6 Å². The second-order valence-electron chi connectivity index (χ2n) is 4.50. The van der Waals surface area contributed by atoms with E-state index in [4.69, 9.17) is 11.6 Å². The molecule has 0 spiro atoms. The highest BCUT2D eigenvalue weighted by Crippen LogP contribution is 2.30. The minimum Gasteiger partial charge on any atom is -0.327 e. The van der Waals surface area contributed by atoms with E-state index < -0.39 is 5.51 Å². The van der Waals surface area contributed by atoms with Crippen molar-refractivity contribution in [1.29, 1.82) is 0 Å². The minimum atomic E-state index is -4.26. The molecule has 0 unspecified atom stereocenters. The number of aromatic nitrogens is 2. The fourth-order valence-corrected chi connectivity index (χ4v) is 2.75. The lowest BCUT2D eigenvalue weighted by atomic mass is 10.2. The molecule has 1 aromatic heterocycles. The standard InChI is InChI=1S/C13H13ClF4N2S/c1-8-6-11-10(7-9(8)15)19-12(2-3-14)20(11)4-5-21-13(16,17)18/h6-7H,2-5H2,1H3. The summed E-state index contributed by atoms with van der Waals surface area (Å²) < 4.78 is 51.9. The van der Waals surface area contributed by atoms with Crippen molar-refractivity contribution in [2.24, 2.45) is 0 Å². The SMILES string of the molecule is Cc1cc2c(cc1F)nc(CCCl)n2CCSC(F)(F)F. The first-order chi connectivity index (χ1) is 9.81. The summed E-state index contributed by atoms with van der Waals surface area (Å²) >= 11 is 5.61. The summed E-state index contributed by atoms with van der Waals surface area (Å²) in [5.41, 5.74) is -2.75. The molecule has 0 bridgehead atoms. The Labute approximate surface area is 128 Å². The van der Waals surface area contributed by atoms with Crippen LogP contribution in [0.3, 0.4) is 0 Å². The third-order valence-corrected chi connectivity index (χ3v) is 3.91. The average molecular weight is 341 g/mol. The first-order valence-electron chi connectivity index (χ1n) is 6.23. The van der Waals surface area contributed by atoms with Crippen LogP contribution in [0.2, 0.25) is 0 Å². The second-order valence-corrected chi connectivity index (χ2v) is 6.04. The highest BCUT2D eigenvalue weighted by atomic mass is 35.5. The van der Waals surface area contributed by atoms with E-state index >= 15 is 0 Å². The normalized spacial score (nSPS) is 12.3. The number of thioether (sulfide) groups is 1. The van der Waals surface area contributed by atoms with Gasteiger partial charge in [0, 0.05) is 30.7 Å². The van der Waals surface area contributed by atoms with Gasteiger partial charge in [-0.1, -0.05) is 0 Å². The van der Waals surface area contributed by atoms with Crippen molar-refractivity contribution in [2.45, 2.75) is 25.4 Å². The molecule has 0 saturated heterocycles. The highest BCUT2D eigenvalue weighted by molar-refractivity contribution is 8.00. The van der Waals surface area contributed by atoms with Crippen LogP contribution in [-0.4, -0.2) is 26.7 Å². The summed E-state index contributed by atoms with van der Waals surface area (Å²) in [6, 6.07) is 2.91. The Hall–Kier alpha value is -0.950. The van der Waals surface area contributed by atoms with Gasteiger partial charge < -0.3 is 4.57 Å². The monoisotopic (exact) mass is 340 g/mol. The van der Waals surface area contributed by atoms with Gasteiger partial charge in [0.25, 0.3) is 0 Å². The van der Waals surface area contributed by atoms with Gasteiger partial charge in [-0.05, 0) is 30.3 Å². The van der Waals surface area contributed by atoms with Crippen LogP contribution >= 0.6 is 23.4 Å². The number of halogens is 5. The molecule has 8 heteroatoms. The Balaban J connectivity index is 2.34. The first-order valence-corrected chi connectivity index (χ1v) is 7.76. The number of hydrogen-bond acceptors (Lipinski definition) is 2. The molecule has 1 aromatic carbocycles. The number of alkyl halides is 4. The molecule has 2 aromatic rings. The molecule has 0 aliphatic heterocycles. The summed E-state index contributed by atoms with van der Waals surface area (Å²) in [4.78, 5) is 4.27. The molecule has 2 rings (SSSR count). The lowest BCUT2D eigenvalue weighted by Crippen LogP contribution is -2.10. The van der Waals surface area contributed by atoms with Crippen molar-refractivity contribution >= 4 is 34.4 Å². The largest absolute Gasteiger partial charge is 0.441 e. The second kappa shape index (κ2) is 6.44. The van der Waals surface area contributed by atoms with Crippen LogP contribution in [-0.2, 0) is 13.0 Å². The predicted octanol–water partition coefficient (Wildman–Crippen LogP) is 4.52. The maximum atomic E-state index is 13.6. The van der Waals surface area contributed by atoms with Crippen LogP contribution in [0.1, 0.15) is 11.4 Å². The first kappa shape index (κ1) is 16.4. The Kier molecular flexibility index (Phi) is 5.03. The van der Waals surface area contributed by atoms with Gasteiger partial charge in [0.05, 0.1) is 11.0 Å². The van der Waals surface area contributed by atoms with E-state index in [0.717, 1.165) is 0 Å². The van der Waals surface area contributed by atoms with Crippen LogP contribution in [0.25, 0.3) is 11.0 Å². The van der Waals surface area contributed by atoms with Crippen molar-refractivity contribution in [3.05, 3.63) is 29.3 Å². The van der Waals surface area contributed by atoms with E-state index in [-0.39, 0.29) is 29.9 Å². The molecule has 0 fully saturated rings. The van der Waals surface area contributed by atoms with Gasteiger partial charge in [-0.15, -0.1) is 11.6 Å². The fraction of sp³-hybridized carbons (Fsp3) is 0.462. The van der Waals surface area contributed by atoms with Crippen LogP contribution in [0.5, 0.6) is 0 Å². The van der Waals surface area contributed by atoms with Crippen molar-refractivity contribution in [3.63, 3.8) is 0 Å². The molecule has 2 nitrogen and oxygen atoms in total. The number of rotatable bonds is 5. The third-order valence-electron chi connectivity index (χ3n) is 3.01. The van der Waals surface area contributed by atoms with Crippen molar-refractivity contribution in [1.82, 2.24) is 9.55 Å². The molecule has 116 valence electrons. The number of nitrogens with zero attached hydrogens (tertiary/aromatic N) is 2. The zero-order chi connectivity index (χ0) is 15.6. The molecule has 0 aliphatic rings. The highest BCUT2D eigenvalue weighted by Gasteiger charge is 2.27. The van der Waals surface area contributed by atoms with Gasteiger partial charge >= 0.3 is 5.51 Å². The van der Waals surface area contributed by atoms with E-state index in [1.165, 1.54) is 6.07 Å². The maximum absolute atomic E-state index is 13.6. The zero-order valence-electron chi connectivity index (χ0n) is 11.2. The van der Waals surface area contributed by atoms with E-state index in [0.29, 0.717) is 34.7 Å². The Morgan fingerprint density at radius 3 is 2.67 bits per heavy atom. The Bertz CT molecular complexity index is 639. The predicted molar refractivity (Wildman–Crippen MR) is 77.4 cm³/mol. The van der Waals surface area contributed by atoms with Gasteiger partial charge in [-0.2, -0.15) is 13.2 Å². The van der Waals surface area contributed by atoms with Gasteiger partial charge in [0.15, 0.2) is 0 Å². The lowest BCUT2D eigenvalue weighted by Gasteiger charge is -2.10. The molecule has 0 aliphatic carbocycles.